The van der Waals surface area contributed by atoms with E-state index >= 15 is 0 Å². The van der Waals surface area contributed by atoms with Crippen LogP contribution >= 0.6 is 0 Å². The lowest BCUT2D eigenvalue weighted by Gasteiger charge is -2.03. The third-order valence-corrected chi connectivity index (χ3v) is 3.66. The summed E-state index contributed by atoms with van der Waals surface area (Å²) in [5, 5.41) is 24.1. The number of aromatic amines is 3. The molecule has 0 bridgehead atoms. The van der Waals surface area contributed by atoms with Crippen molar-refractivity contribution in [3.8, 4) is 11.4 Å². The molecule has 0 unspecified atom stereocenters. The van der Waals surface area contributed by atoms with Crippen LogP contribution in [0.2, 0.25) is 0 Å². The van der Waals surface area contributed by atoms with Gasteiger partial charge in [-0.25, -0.2) is 4.98 Å². The first-order chi connectivity index (χ1) is 11.7. The first-order valence-corrected chi connectivity index (χ1v) is 7.45. The van der Waals surface area contributed by atoms with Crippen molar-refractivity contribution in [2.24, 2.45) is 0 Å². The molecule has 0 saturated heterocycles. The molecule has 9 heteroatoms. The van der Waals surface area contributed by atoms with E-state index in [9.17, 15) is 4.79 Å². The van der Waals surface area contributed by atoms with Crippen molar-refractivity contribution >= 4 is 22.5 Å². The van der Waals surface area contributed by atoms with E-state index in [0.29, 0.717) is 28.4 Å². The van der Waals surface area contributed by atoms with Crippen LogP contribution in [0.3, 0.4) is 0 Å². The van der Waals surface area contributed by atoms with Crippen LogP contribution in [0.4, 0.5) is 11.6 Å². The molecule has 1 aromatic carbocycles. The van der Waals surface area contributed by atoms with Gasteiger partial charge in [0.05, 0.1) is 17.1 Å². The highest BCUT2D eigenvalue weighted by Gasteiger charge is 2.09. The molecule has 0 aliphatic rings. The van der Waals surface area contributed by atoms with Crippen molar-refractivity contribution in [1.82, 2.24) is 35.6 Å². The molecule has 3 aromatic heterocycles. The average Bonchev–Trinajstić information content (AvgIpc) is 3.22. The van der Waals surface area contributed by atoms with Gasteiger partial charge in [-0.3, -0.25) is 20.1 Å². The number of anilines is 2. The van der Waals surface area contributed by atoms with Crippen LogP contribution in [0.15, 0.2) is 35.3 Å². The second-order valence-corrected chi connectivity index (χ2v) is 5.26. The Morgan fingerprint density at radius 1 is 1.17 bits per heavy atom. The Kier molecular flexibility index (Phi) is 3.30. The molecule has 4 rings (SSSR count). The minimum atomic E-state index is -0.183. The van der Waals surface area contributed by atoms with Gasteiger partial charge in [-0.15, -0.1) is 5.10 Å². The number of aromatic nitrogens is 7. The normalized spacial score (nSPS) is 11.0. The number of rotatable bonds is 4. The smallest absolute Gasteiger partial charge is 0.271 e. The molecule has 9 nitrogen and oxygen atoms in total. The second-order valence-electron chi connectivity index (χ2n) is 5.26. The van der Waals surface area contributed by atoms with Crippen LogP contribution in [0, 0.1) is 0 Å². The van der Waals surface area contributed by atoms with E-state index in [2.05, 4.69) is 40.9 Å². The SMILES string of the molecule is CCc1cc(Nc2cnnc(-c3ccc4[nH][nH]c(=O)c4c3)n2)n[nH]1. The van der Waals surface area contributed by atoms with Gasteiger partial charge >= 0.3 is 0 Å². The Labute approximate surface area is 135 Å². The van der Waals surface area contributed by atoms with Crippen LogP contribution in [0.25, 0.3) is 22.3 Å². The largest absolute Gasteiger partial charge is 0.322 e. The van der Waals surface area contributed by atoms with Crippen LogP contribution in [-0.2, 0) is 6.42 Å². The van der Waals surface area contributed by atoms with E-state index < -0.39 is 0 Å². The topological polar surface area (TPSA) is 128 Å². The summed E-state index contributed by atoms with van der Waals surface area (Å²) in [6.07, 6.45) is 2.39. The highest BCUT2D eigenvalue weighted by Crippen LogP contribution is 2.20. The summed E-state index contributed by atoms with van der Waals surface area (Å²) in [4.78, 5) is 16.2. The molecular formula is C15H14N8O. The lowest BCUT2D eigenvalue weighted by molar-refractivity contribution is 0.968. The number of aryl methyl sites for hydroxylation is 1. The van der Waals surface area contributed by atoms with Gasteiger partial charge in [-0.05, 0) is 24.6 Å². The summed E-state index contributed by atoms with van der Waals surface area (Å²) in [5.41, 5.74) is 2.28. The maximum absolute atomic E-state index is 11.7. The van der Waals surface area contributed by atoms with Crippen LogP contribution in [0.1, 0.15) is 12.6 Å². The fourth-order valence-corrected chi connectivity index (χ4v) is 2.40. The highest BCUT2D eigenvalue weighted by atomic mass is 16.1. The zero-order valence-corrected chi connectivity index (χ0v) is 12.8. The Morgan fingerprint density at radius 3 is 2.92 bits per heavy atom. The van der Waals surface area contributed by atoms with Gasteiger partial charge in [-0.1, -0.05) is 6.92 Å². The summed E-state index contributed by atoms with van der Waals surface area (Å²) in [5.74, 6) is 1.61. The maximum atomic E-state index is 11.7. The van der Waals surface area contributed by atoms with Gasteiger partial charge in [0.2, 0.25) is 0 Å². The van der Waals surface area contributed by atoms with Gasteiger partial charge in [0, 0.05) is 17.3 Å². The number of nitrogens with one attached hydrogen (secondary N) is 4. The van der Waals surface area contributed by atoms with Crippen molar-refractivity contribution in [3.05, 3.63) is 46.5 Å². The van der Waals surface area contributed by atoms with E-state index in [1.165, 1.54) is 6.20 Å². The lowest BCUT2D eigenvalue weighted by Crippen LogP contribution is -2.00. The van der Waals surface area contributed by atoms with Gasteiger partial charge in [0.1, 0.15) is 0 Å². The number of hydrogen-bond acceptors (Lipinski definition) is 6. The van der Waals surface area contributed by atoms with Crippen molar-refractivity contribution in [1.29, 1.82) is 0 Å². The molecule has 0 saturated carbocycles. The van der Waals surface area contributed by atoms with E-state index in [1.807, 2.05) is 19.1 Å². The zero-order valence-electron chi connectivity index (χ0n) is 12.8. The summed E-state index contributed by atoms with van der Waals surface area (Å²) in [6.45, 7) is 2.04. The second kappa shape index (κ2) is 5.61. The molecule has 0 aliphatic carbocycles. The maximum Gasteiger partial charge on any atom is 0.271 e. The summed E-state index contributed by atoms with van der Waals surface area (Å²) < 4.78 is 0. The van der Waals surface area contributed by atoms with E-state index in [4.69, 9.17) is 0 Å². The molecule has 0 spiro atoms. The monoisotopic (exact) mass is 322 g/mol. The molecule has 0 amide bonds. The van der Waals surface area contributed by atoms with Gasteiger partial charge in [-0.2, -0.15) is 10.2 Å². The number of nitrogens with zero attached hydrogens (tertiary/aromatic N) is 4. The van der Waals surface area contributed by atoms with Gasteiger partial charge < -0.3 is 5.32 Å². The summed E-state index contributed by atoms with van der Waals surface area (Å²) >= 11 is 0. The van der Waals surface area contributed by atoms with Crippen LogP contribution < -0.4 is 10.9 Å². The van der Waals surface area contributed by atoms with E-state index in [-0.39, 0.29) is 5.56 Å². The molecule has 0 aliphatic heterocycles. The minimum Gasteiger partial charge on any atom is -0.322 e. The van der Waals surface area contributed by atoms with Crippen LogP contribution in [0.5, 0.6) is 0 Å². The quantitative estimate of drug-likeness (QED) is 0.453. The predicted octanol–water partition coefficient (Wildman–Crippen LogP) is 1.74. The highest BCUT2D eigenvalue weighted by molar-refractivity contribution is 5.82. The van der Waals surface area contributed by atoms with Crippen molar-refractivity contribution in [2.75, 3.05) is 5.32 Å². The molecule has 3 heterocycles. The Morgan fingerprint density at radius 2 is 2.08 bits per heavy atom. The number of fused-ring (bicyclic) bond motifs is 1. The van der Waals surface area contributed by atoms with Gasteiger partial charge in [0.15, 0.2) is 17.5 Å². The van der Waals surface area contributed by atoms with Gasteiger partial charge in [0.25, 0.3) is 5.56 Å². The molecule has 0 atom stereocenters. The fraction of sp³-hybridized carbons (Fsp3) is 0.133. The van der Waals surface area contributed by atoms with Crippen LogP contribution in [-0.4, -0.2) is 35.6 Å². The number of H-pyrrole nitrogens is 3. The third kappa shape index (κ3) is 2.51. The molecule has 0 fully saturated rings. The lowest BCUT2D eigenvalue weighted by atomic mass is 10.1. The van der Waals surface area contributed by atoms with Crippen molar-refractivity contribution < 1.29 is 0 Å². The summed E-state index contributed by atoms with van der Waals surface area (Å²) in [7, 11) is 0. The molecular weight excluding hydrogens is 308 g/mol. The minimum absolute atomic E-state index is 0.183. The molecule has 120 valence electrons. The van der Waals surface area contributed by atoms with E-state index in [0.717, 1.165) is 17.6 Å². The van der Waals surface area contributed by atoms with E-state index in [1.54, 1.807) is 12.1 Å². The first-order valence-electron chi connectivity index (χ1n) is 7.45. The Balaban J connectivity index is 1.67. The Bertz CT molecular complexity index is 1060. The van der Waals surface area contributed by atoms with Crippen molar-refractivity contribution in [3.63, 3.8) is 0 Å². The molecule has 24 heavy (non-hydrogen) atoms. The summed E-state index contributed by atoms with van der Waals surface area (Å²) in [6, 6.07) is 7.27. The van der Waals surface area contributed by atoms with Crippen molar-refractivity contribution in [2.45, 2.75) is 13.3 Å². The number of benzene rings is 1. The zero-order chi connectivity index (χ0) is 16.5. The molecule has 0 radical (unpaired) electrons. The Hall–Kier alpha value is -3.49. The first kappa shape index (κ1) is 14.1. The predicted molar refractivity (Wildman–Crippen MR) is 89.0 cm³/mol. The fourth-order valence-electron chi connectivity index (χ4n) is 2.40. The molecule has 4 aromatic rings. The molecule has 4 N–H and O–H groups in total. The number of hydrogen-bond donors (Lipinski definition) is 4. The average molecular weight is 322 g/mol. The third-order valence-electron chi connectivity index (χ3n) is 3.66. The standard InChI is InChI=1S/C15H14N8O/c1-2-9-6-12(21-19-9)17-13-7-16-22-14(18-13)8-3-4-11-10(5-8)15(24)23-20-11/h3-7H,2H2,1H3,(H2,20,23,24)(H2,17,18,19,21,22).